The lowest BCUT2D eigenvalue weighted by Crippen LogP contribution is -2.44. The first-order valence-corrected chi connectivity index (χ1v) is 13.2. The highest BCUT2D eigenvalue weighted by molar-refractivity contribution is 5.69. The van der Waals surface area contributed by atoms with Gasteiger partial charge in [-0.05, 0) is 27.2 Å². The molecule has 3 atom stereocenters. The van der Waals surface area contributed by atoms with E-state index in [2.05, 4.69) is 5.32 Å². The van der Waals surface area contributed by atoms with E-state index in [0.29, 0.717) is 85.8 Å². The summed E-state index contributed by atoms with van der Waals surface area (Å²) in [6.07, 6.45) is -3.38. The van der Waals surface area contributed by atoms with Crippen LogP contribution in [0.3, 0.4) is 0 Å². The van der Waals surface area contributed by atoms with Crippen LogP contribution in [0.1, 0.15) is 33.6 Å². The smallest absolute Gasteiger partial charge is 0.308 e. The fraction of sp³-hybridized carbons (Fsp3) is 0.960. The van der Waals surface area contributed by atoms with Gasteiger partial charge in [0.15, 0.2) is 0 Å². The first kappa shape index (κ1) is 37.0. The van der Waals surface area contributed by atoms with E-state index in [4.69, 9.17) is 38.3 Å². The van der Waals surface area contributed by atoms with Crippen LogP contribution in [0.2, 0.25) is 0 Å². The van der Waals surface area contributed by atoms with Gasteiger partial charge in [-0.2, -0.15) is 0 Å². The van der Waals surface area contributed by atoms with Gasteiger partial charge in [0.05, 0.1) is 97.9 Å². The number of carbonyl (C=O) groups is 1. The molecule has 0 aliphatic rings. The van der Waals surface area contributed by atoms with Gasteiger partial charge in [0.2, 0.25) is 0 Å². The van der Waals surface area contributed by atoms with Crippen molar-refractivity contribution in [1.29, 1.82) is 0 Å². The van der Waals surface area contributed by atoms with Crippen LogP contribution in [-0.4, -0.2) is 149 Å². The van der Waals surface area contributed by atoms with Crippen LogP contribution in [0.5, 0.6) is 0 Å². The molecule has 0 rings (SSSR count). The van der Waals surface area contributed by atoms with Gasteiger partial charge in [-0.1, -0.05) is 0 Å². The molecule has 0 heterocycles. The van der Waals surface area contributed by atoms with Crippen molar-refractivity contribution in [3.05, 3.63) is 0 Å². The largest absolute Gasteiger partial charge is 0.460 e. The standard InChI is InChI=1S/C25H51NO12/c1-25(2,3)38-23(30)5-8-32-10-12-34-14-16-36-18-19-37-17-15-35-13-11-33-9-6-26-20-22(29)24(31)21(28)4-7-27/h21-22,24,26-29,31H,4-20H2,1-3H3. The van der Waals surface area contributed by atoms with Gasteiger partial charge in [-0.3, -0.25) is 4.79 Å². The minimum absolute atomic E-state index is 0.00876. The molecule has 0 radical (unpaired) electrons. The zero-order chi connectivity index (χ0) is 28.5. The molecule has 0 aromatic rings. The highest BCUT2D eigenvalue weighted by Gasteiger charge is 2.23. The van der Waals surface area contributed by atoms with E-state index in [0.717, 1.165) is 0 Å². The predicted molar refractivity (Wildman–Crippen MR) is 138 cm³/mol. The van der Waals surface area contributed by atoms with Crippen LogP contribution in [0, 0.1) is 0 Å². The molecule has 0 spiro atoms. The quantitative estimate of drug-likeness (QED) is 0.0607. The fourth-order valence-electron chi connectivity index (χ4n) is 2.82. The Balaban J connectivity index is 3.25. The number of esters is 1. The lowest BCUT2D eigenvalue weighted by Gasteiger charge is -2.22. The van der Waals surface area contributed by atoms with Crippen LogP contribution in [0.25, 0.3) is 0 Å². The number of ether oxygens (including phenoxy) is 7. The normalized spacial score (nSPS) is 14.4. The van der Waals surface area contributed by atoms with Crippen LogP contribution in [0.4, 0.5) is 0 Å². The Morgan fingerprint density at radius 3 is 1.53 bits per heavy atom. The number of aliphatic hydroxyl groups is 4. The Labute approximate surface area is 226 Å². The first-order valence-electron chi connectivity index (χ1n) is 13.2. The Bertz CT molecular complexity index is 535. The molecule has 0 amide bonds. The lowest BCUT2D eigenvalue weighted by molar-refractivity contribution is -0.156. The number of hydrogen-bond acceptors (Lipinski definition) is 13. The van der Waals surface area contributed by atoms with E-state index in [1.54, 1.807) is 0 Å². The second-order valence-electron chi connectivity index (χ2n) is 9.35. The first-order chi connectivity index (χ1) is 18.2. The monoisotopic (exact) mass is 557 g/mol. The molecule has 0 aliphatic heterocycles. The van der Waals surface area contributed by atoms with Crippen molar-refractivity contribution in [1.82, 2.24) is 5.32 Å². The molecule has 13 nitrogen and oxygen atoms in total. The lowest BCUT2D eigenvalue weighted by atomic mass is 10.1. The van der Waals surface area contributed by atoms with Crippen molar-refractivity contribution in [2.45, 2.75) is 57.5 Å². The molecule has 0 aromatic carbocycles. The van der Waals surface area contributed by atoms with Crippen molar-refractivity contribution < 1.29 is 58.4 Å². The summed E-state index contributed by atoms with van der Waals surface area (Å²) in [5.41, 5.74) is -0.481. The highest BCUT2D eigenvalue weighted by Crippen LogP contribution is 2.08. The second-order valence-corrected chi connectivity index (χ2v) is 9.35. The molecule has 0 bridgehead atoms. The molecule has 0 aliphatic carbocycles. The number of aliphatic hydroxyl groups excluding tert-OH is 4. The molecule has 38 heavy (non-hydrogen) atoms. The van der Waals surface area contributed by atoms with Crippen LogP contribution >= 0.6 is 0 Å². The molecular weight excluding hydrogens is 506 g/mol. The molecule has 13 heteroatoms. The molecule has 0 saturated carbocycles. The molecule has 228 valence electrons. The minimum Gasteiger partial charge on any atom is -0.460 e. The Hall–Kier alpha value is -0.970. The summed E-state index contributed by atoms with van der Waals surface area (Å²) in [5.74, 6) is -0.276. The molecule has 3 unspecified atom stereocenters. The third-order valence-electron chi connectivity index (χ3n) is 4.72. The molecule has 0 saturated heterocycles. The van der Waals surface area contributed by atoms with Gasteiger partial charge in [0.1, 0.15) is 11.7 Å². The fourth-order valence-corrected chi connectivity index (χ4v) is 2.82. The van der Waals surface area contributed by atoms with Crippen molar-refractivity contribution in [2.24, 2.45) is 0 Å². The van der Waals surface area contributed by atoms with Gasteiger partial charge in [0.25, 0.3) is 0 Å². The number of rotatable bonds is 27. The topological polar surface area (TPSA) is 175 Å². The van der Waals surface area contributed by atoms with E-state index in [-0.39, 0.29) is 32.0 Å². The summed E-state index contributed by atoms with van der Waals surface area (Å²) < 4.78 is 37.5. The average molecular weight is 558 g/mol. The maximum absolute atomic E-state index is 11.5. The summed E-state index contributed by atoms with van der Waals surface area (Å²) in [6, 6.07) is 0. The molecule has 0 aromatic heterocycles. The highest BCUT2D eigenvalue weighted by atomic mass is 16.6. The van der Waals surface area contributed by atoms with Crippen molar-refractivity contribution in [3.63, 3.8) is 0 Å². The van der Waals surface area contributed by atoms with Crippen LogP contribution in [-0.2, 0) is 38.0 Å². The van der Waals surface area contributed by atoms with Crippen molar-refractivity contribution in [2.75, 3.05) is 99.0 Å². The average Bonchev–Trinajstić information content (AvgIpc) is 2.85. The van der Waals surface area contributed by atoms with E-state index >= 15 is 0 Å². The third-order valence-corrected chi connectivity index (χ3v) is 4.72. The van der Waals surface area contributed by atoms with E-state index in [1.807, 2.05) is 20.8 Å². The number of carbonyl (C=O) groups excluding carboxylic acids is 1. The molecule has 5 N–H and O–H groups in total. The Morgan fingerprint density at radius 1 is 0.684 bits per heavy atom. The second kappa shape index (κ2) is 25.0. The Morgan fingerprint density at radius 2 is 1.11 bits per heavy atom. The van der Waals surface area contributed by atoms with Gasteiger partial charge < -0.3 is 58.9 Å². The number of hydrogen-bond donors (Lipinski definition) is 5. The molecular formula is C25H51NO12. The maximum atomic E-state index is 11.5. The summed E-state index contributed by atoms with van der Waals surface area (Å²) in [6.45, 7) is 10.9. The van der Waals surface area contributed by atoms with Gasteiger partial charge >= 0.3 is 5.97 Å². The summed E-state index contributed by atoms with van der Waals surface area (Å²) in [7, 11) is 0. The SMILES string of the molecule is CC(C)(C)OC(=O)CCOCCOCCOCCOCCOCCOCCNCC(O)C(O)C(O)CCO. The van der Waals surface area contributed by atoms with E-state index in [9.17, 15) is 20.1 Å². The molecule has 0 fully saturated rings. The zero-order valence-electron chi connectivity index (χ0n) is 23.3. The maximum Gasteiger partial charge on any atom is 0.308 e. The van der Waals surface area contributed by atoms with Crippen LogP contribution in [0.15, 0.2) is 0 Å². The van der Waals surface area contributed by atoms with E-state index in [1.165, 1.54) is 0 Å². The zero-order valence-corrected chi connectivity index (χ0v) is 23.3. The summed E-state index contributed by atoms with van der Waals surface area (Å²) in [5, 5.41) is 40.6. The van der Waals surface area contributed by atoms with Gasteiger partial charge in [-0.25, -0.2) is 0 Å². The minimum atomic E-state index is -1.31. The van der Waals surface area contributed by atoms with Gasteiger partial charge in [0, 0.05) is 19.7 Å². The number of nitrogens with one attached hydrogen (secondary N) is 1. The Kier molecular flexibility index (Phi) is 24.4. The summed E-state index contributed by atoms with van der Waals surface area (Å²) >= 11 is 0. The van der Waals surface area contributed by atoms with Gasteiger partial charge in [-0.15, -0.1) is 0 Å². The van der Waals surface area contributed by atoms with Crippen molar-refractivity contribution >= 4 is 5.97 Å². The predicted octanol–water partition coefficient (Wildman–Crippen LogP) is -1.13. The third kappa shape index (κ3) is 25.3. The van der Waals surface area contributed by atoms with Crippen LogP contribution < -0.4 is 5.32 Å². The van der Waals surface area contributed by atoms with E-state index < -0.39 is 23.9 Å². The summed E-state index contributed by atoms with van der Waals surface area (Å²) in [4.78, 5) is 11.5. The van der Waals surface area contributed by atoms with Crippen molar-refractivity contribution in [3.8, 4) is 0 Å².